The molecule has 0 heterocycles. The Kier molecular flexibility index (Phi) is 6.80. The Balaban J connectivity index is 3.41. The van der Waals surface area contributed by atoms with E-state index in [1.165, 1.54) is 0 Å². The highest BCUT2D eigenvalue weighted by Crippen LogP contribution is 2.23. The second-order valence-electron chi connectivity index (χ2n) is 2.20. The standard InChI is InChI=1S/C7H16OS2/c1-4-6(8)5-7(9-2)10-3/h6-8H,4-5H2,1-3H3/t6-/m1/s1. The molecule has 0 aliphatic heterocycles. The summed E-state index contributed by atoms with van der Waals surface area (Å²) in [5, 5.41) is 9.26. The normalized spacial score (nSPS) is 14.1. The van der Waals surface area contributed by atoms with Crippen molar-refractivity contribution in [3.63, 3.8) is 0 Å². The summed E-state index contributed by atoms with van der Waals surface area (Å²) in [6, 6.07) is 0. The van der Waals surface area contributed by atoms with E-state index in [1.807, 2.05) is 30.4 Å². The van der Waals surface area contributed by atoms with Gasteiger partial charge in [-0.05, 0) is 25.4 Å². The summed E-state index contributed by atoms with van der Waals surface area (Å²) in [6.45, 7) is 2.02. The zero-order chi connectivity index (χ0) is 7.98. The minimum Gasteiger partial charge on any atom is -0.393 e. The Bertz CT molecular complexity index is 74.0. The van der Waals surface area contributed by atoms with Crippen molar-refractivity contribution in [2.75, 3.05) is 12.5 Å². The molecule has 1 N–H and O–H groups in total. The third-order valence-corrected chi connectivity index (χ3v) is 4.05. The van der Waals surface area contributed by atoms with Crippen molar-refractivity contribution in [3.05, 3.63) is 0 Å². The van der Waals surface area contributed by atoms with Gasteiger partial charge in [0.05, 0.1) is 10.7 Å². The van der Waals surface area contributed by atoms with E-state index >= 15 is 0 Å². The molecule has 0 saturated carbocycles. The van der Waals surface area contributed by atoms with Crippen molar-refractivity contribution in [2.24, 2.45) is 0 Å². The lowest BCUT2D eigenvalue weighted by molar-refractivity contribution is 0.165. The Hall–Kier alpha value is 0.660. The minimum absolute atomic E-state index is 0.107. The smallest absolute Gasteiger partial charge is 0.0556 e. The first-order valence-electron chi connectivity index (χ1n) is 3.48. The quantitative estimate of drug-likeness (QED) is 0.655. The Morgan fingerprint density at radius 3 is 2.10 bits per heavy atom. The van der Waals surface area contributed by atoms with Gasteiger partial charge in [-0.1, -0.05) is 6.92 Å². The van der Waals surface area contributed by atoms with Crippen LogP contribution in [-0.2, 0) is 0 Å². The largest absolute Gasteiger partial charge is 0.393 e. The molecule has 0 aliphatic rings. The lowest BCUT2D eigenvalue weighted by Crippen LogP contribution is -2.11. The van der Waals surface area contributed by atoms with Gasteiger partial charge >= 0.3 is 0 Å². The highest BCUT2D eigenvalue weighted by Gasteiger charge is 2.09. The molecule has 0 aromatic rings. The maximum absolute atomic E-state index is 9.26. The van der Waals surface area contributed by atoms with E-state index in [1.54, 1.807) is 0 Å². The van der Waals surface area contributed by atoms with Crippen LogP contribution in [-0.4, -0.2) is 28.3 Å². The molecule has 62 valence electrons. The fourth-order valence-corrected chi connectivity index (χ4v) is 2.28. The molecule has 0 rings (SSSR count). The molecule has 0 fully saturated rings. The molecule has 0 saturated heterocycles. The van der Waals surface area contributed by atoms with Crippen LogP contribution in [0, 0.1) is 0 Å². The Morgan fingerprint density at radius 2 is 1.80 bits per heavy atom. The second kappa shape index (κ2) is 6.38. The first-order chi connectivity index (χ1) is 4.74. The number of thioether (sulfide) groups is 2. The van der Waals surface area contributed by atoms with Gasteiger partial charge in [-0.25, -0.2) is 0 Å². The molecule has 0 aromatic heterocycles. The lowest BCUT2D eigenvalue weighted by Gasteiger charge is -2.14. The number of aliphatic hydroxyl groups is 1. The number of hydrogen-bond donors (Lipinski definition) is 1. The molecule has 1 nitrogen and oxygen atoms in total. The molecule has 0 amide bonds. The average molecular weight is 180 g/mol. The van der Waals surface area contributed by atoms with Crippen LogP contribution in [0.5, 0.6) is 0 Å². The summed E-state index contributed by atoms with van der Waals surface area (Å²) < 4.78 is 0.565. The number of aliphatic hydroxyl groups excluding tert-OH is 1. The van der Waals surface area contributed by atoms with Crippen LogP contribution in [0.2, 0.25) is 0 Å². The van der Waals surface area contributed by atoms with Crippen LogP contribution in [0.3, 0.4) is 0 Å². The summed E-state index contributed by atoms with van der Waals surface area (Å²) in [6.07, 6.45) is 5.86. The predicted molar refractivity (Wildman–Crippen MR) is 51.7 cm³/mol. The third-order valence-electron chi connectivity index (χ3n) is 1.46. The van der Waals surface area contributed by atoms with E-state index in [2.05, 4.69) is 12.5 Å². The molecule has 1 atom stereocenters. The summed E-state index contributed by atoms with van der Waals surface area (Å²) in [5.41, 5.74) is 0. The van der Waals surface area contributed by atoms with Crippen molar-refractivity contribution in [1.82, 2.24) is 0 Å². The summed E-state index contributed by atoms with van der Waals surface area (Å²) in [4.78, 5) is 0. The van der Waals surface area contributed by atoms with Crippen LogP contribution >= 0.6 is 23.5 Å². The third kappa shape index (κ3) is 4.47. The summed E-state index contributed by atoms with van der Waals surface area (Å²) in [5.74, 6) is 0. The fraction of sp³-hybridized carbons (Fsp3) is 1.00. The SMILES string of the molecule is CC[C@@H](O)CC(SC)SC. The molecule has 10 heavy (non-hydrogen) atoms. The fourth-order valence-electron chi connectivity index (χ4n) is 0.677. The molecule has 0 bridgehead atoms. The first kappa shape index (κ1) is 10.7. The van der Waals surface area contributed by atoms with Crippen molar-refractivity contribution in [3.8, 4) is 0 Å². The van der Waals surface area contributed by atoms with Crippen LogP contribution in [0.4, 0.5) is 0 Å². The molecule has 0 radical (unpaired) electrons. The molecular formula is C7H16OS2. The Morgan fingerprint density at radius 1 is 1.30 bits per heavy atom. The minimum atomic E-state index is -0.107. The van der Waals surface area contributed by atoms with Crippen LogP contribution in [0.15, 0.2) is 0 Å². The topological polar surface area (TPSA) is 20.2 Å². The van der Waals surface area contributed by atoms with Crippen LogP contribution < -0.4 is 0 Å². The van der Waals surface area contributed by atoms with E-state index in [0.717, 1.165) is 12.8 Å². The van der Waals surface area contributed by atoms with Gasteiger partial charge in [-0.3, -0.25) is 0 Å². The van der Waals surface area contributed by atoms with Gasteiger partial charge in [0.2, 0.25) is 0 Å². The van der Waals surface area contributed by atoms with Crippen molar-refractivity contribution in [1.29, 1.82) is 0 Å². The Labute approximate surface area is 72.0 Å². The average Bonchev–Trinajstić information content (AvgIpc) is 1.99. The monoisotopic (exact) mass is 180 g/mol. The van der Waals surface area contributed by atoms with E-state index in [4.69, 9.17) is 0 Å². The van der Waals surface area contributed by atoms with Crippen molar-refractivity contribution < 1.29 is 5.11 Å². The van der Waals surface area contributed by atoms with Gasteiger partial charge in [0.15, 0.2) is 0 Å². The van der Waals surface area contributed by atoms with Crippen LogP contribution in [0.1, 0.15) is 19.8 Å². The van der Waals surface area contributed by atoms with E-state index in [-0.39, 0.29) is 6.10 Å². The lowest BCUT2D eigenvalue weighted by atomic mass is 10.2. The summed E-state index contributed by atoms with van der Waals surface area (Å²) in [7, 11) is 0. The van der Waals surface area contributed by atoms with E-state index in [0.29, 0.717) is 4.58 Å². The van der Waals surface area contributed by atoms with Gasteiger partial charge < -0.3 is 5.11 Å². The highest BCUT2D eigenvalue weighted by atomic mass is 32.2. The second-order valence-corrected chi connectivity index (χ2v) is 4.58. The molecule has 0 unspecified atom stereocenters. The zero-order valence-electron chi connectivity index (χ0n) is 6.83. The number of hydrogen-bond acceptors (Lipinski definition) is 3. The number of rotatable bonds is 5. The van der Waals surface area contributed by atoms with Crippen molar-refractivity contribution >= 4 is 23.5 Å². The van der Waals surface area contributed by atoms with E-state index < -0.39 is 0 Å². The molecular weight excluding hydrogens is 164 g/mol. The molecule has 0 spiro atoms. The molecule has 3 heteroatoms. The predicted octanol–water partition coefficient (Wildman–Crippen LogP) is 2.20. The first-order valence-corrected chi connectivity index (χ1v) is 6.05. The highest BCUT2D eigenvalue weighted by molar-refractivity contribution is 8.16. The summed E-state index contributed by atoms with van der Waals surface area (Å²) >= 11 is 3.63. The van der Waals surface area contributed by atoms with Crippen molar-refractivity contribution in [2.45, 2.75) is 30.5 Å². The van der Waals surface area contributed by atoms with Gasteiger partial charge in [0.1, 0.15) is 0 Å². The van der Waals surface area contributed by atoms with Crippen LogP contribution in [0.25, 0.3) is 0 Å². The maximum atomic E-state index is 9.26. The van der Waals surface area contributed by atoms with Gasteiger partial charge in [-0.15, -0.1) is 0 Å². The van der Waals surface area contributed by atoms with Gasteiger partial charge in [0, 0.05) is 0 Å². The molecule has 0 aromatic carbocycles. The van der Waals surface area contributed by atoms with Gasteiger partial charge in [0.25, 0.3) is 0 Å². The molecule has 0 aliphatic carbocycles. The maximum Gasteiger partial charge on any atom is 0.0556 e. The van der Waals surface area contributed by atoms with Gasteiger partial charge in [-0.2, -0.15) is 23.5 Å². The van der Waals surface area contributed by atoms with E-state index in [9.17, 15) is 5.11 Å². The zero-order valence-corrected chi connectivity index (χ0v) is 8.47.